The first-order chi connectivity index (χ1) is 8.19. The molecule has 1 saturated carbocycles. The molecule has 2 N–H and O–H groups in total. The number of hydrogen-bond donors (Lipinski definition) is 2. The third kappa shape index (κ3) is 3.94. The average molecular weight is 259 g/mol. The Kier molecular flexibility index (Phi) is 4.36. The minimum Gasteiger partial charge on any atom is -0.395 e. The predicted molar refractivity (Wildman–Crippen MR) is 64.1 cm³/mol. The minimum absolute atomic E-state index is 0.0143. The Morgan fingerprint density at radius 1 is 1.41 bits per heavy atom. The minimum atomic E-state index is -0.440. The number of aliphatic hydroxyl groups is 1. The van der Waals surface area contributed by atoms with Gasteiger partial charge >= 0.3 is 0 Å². The van der Waals surface area contributed by atoms with Gasteiger partial charge in [0, 0.05) is 22.7 Å². The van der Waals surface area contributed by atoms with Crippen LogP contribution in [0.2, 0.25) is 0 Å². The molecule has 0 aliphatic heterocycles. The maximum atomic E-state index is 13.3. The fourth-order valence-corrected chi connectivity index (χ4v) is 2.50. The number of benzene rings is 1. The monoisotopic (exact) mass is 259 g/mol. The second-order valence-corrected chi connectivity index (χ2v) is 5.27. The zero-order valence-electron chi connectivity index (χ0n) is 9.33. The molecule has 1 aromatic carbocycles. The van der Waals surface area contributed by atoms with Crippen molar-refractivity contribution in [3.8, 4) is 0 Å². The van der Waals surface area contributed by atoms with E-state index in [1.165, 1.54) is 17.8 Å². The van der Waals surface area contributed by atoms with Crippen LogP contribution in [0.5, 0.6) is 0 Å². The highest BCUT2D eigenvalue weighted by atomic mass is 32.2. The predicted octanol–water partition coefficient (Wildman–Crippen LogP) is 2.17. The van der Waals surface area contributed by atoms with Crippen molar-refractivity contribution in [3.05, 3.63) is 29.8 Å². The Balaban J connectivity index is 1.88. The molecule has 2 rings (SSSR count). The van der Waals surface area contributed by atoms with Crippen molar-refractivity contribution in [2.45, 2.75) is 29.8 Å². The van der Waals surface area contributed by atoms with Gasteiger partial charge in [0.1, 0.15) is 11.6 Å². The zero-order valence-corrected chi connectivity index (χ0v) is 10.1. The summed E-state index contributed by atoms with van der Waals surface area (Å²) in [5, 5.41) is 12.4. The molecule has 5 heteroatoms. The normalized spacial score (nSPS) is 17.1. The van der Waals surface area contributed by atoms with Gasteiger partial charge in [-0.25, -0.2) is 8.78 Å². The van der Waals surface area contributed by atoms with Crippen molar-refractivity contribution in [2.24, 2.45) is 0 Å². The van der Waals surface area contributed by atoms with Crippen molar-refractivity contribution in [2.75, 3.05) is 12.4 Å². The molecule has 0 saturated heterocycles. The summed E-state index contributed by atoms with van der Waals surface area (Å²) in [6.07, 6.45) is 2.27. The Bertz CT molecular complexity index is 385. The average Bonchev–Trinajstić information content (AvgIpc) is 3.12. The van der Waals surface area contributed by atoms with E-state index in [1.54, 1.807) is 0 Å². The van der Waals surface area contributed by atoms with Gasteiger partial charge in [-0.05, 0) is 31.0 Å². The summed E-state index contributed by atoms with van der Waals surface area (Å²) in [6.45, 7) is 0.0143. The van der Waals surface area contributed by atoms with Gasteiger partial charge in [0.05, 0.1) is 6.61 Å². The molecule has 17 heavy (non-hydrogen) atoms. The maximum absolute atomic E-state index is 13.3. The van der Waals surface area contributed by atoms with Gasteiger partial charge in [0.15, 0.2) is 0 Å². The third-order valence-electron chi connectivity index (χ3n) is 2.60. The molecular formula is C12H15F2NOS. The molecular weight excluding hydrogens is 244 g/mol. The van der Waals surface area contributed by atoms with Crippen LogP contribution in [0.15, 0.2) is 23.1 Å². The summed E-state index contributed by atoms with van der Waals surface area (Å²) < 4.78 is 26.3. The molecule has 1 aromatic rings. The number of halogens is 2. The van der Waals surface area contributed by atoms with E-state index in [-0.39, 0.29) is 12.6 Å². The number of hydrogen-bond acceptors (Lipinski definition) is 3. The van der Waals surface area contributed by atoms with E-state index in [4.69, 9.17) is 5.11 Å². The molecule has 1 aliphatic rings. The lowest BCUT2D eigenvalue weighted by molar-refractivity contribution is 0.253. The molecule has 1 unspecified atom stereocenters. The molecule has 0 bridgehead atoms. The Morgan fingerprint density at radius 2 is 2.18 bits per heavy atom. The quantitative estimate of drug-likeness (QED) is 0.768. The maximum Gasteiger partial charge on any atom is 0.136 e. The molecule has 1 aliphatic carbocycles. The van der Waals surface area contributed by atoms with Gasteiger partial charge < -0.3 is 10.4 Å². The number of aliphatic hydroxyl groups excluding tert-OH is 1. The smallest absolute Gasteiger partial charge is 0.136 e. The number of nitrogens with one attached hydrogen (secondary N) is 1. The topological polar surface area (TPSA) is 32.3 Å². The summed E-state index contributed by atoms with van der Waals surface area (Å²) in [6, 6.07) is 3.84. The lowest BCUT2D eigenvalue weighted by Gasteiger charge is -2.15. The van der Waals surface area contributed by atoms with Gasteiger partial charge in [0.2, 0.25) is 0 Å². The SMILES string of the molecule is OCC(CSc1cc(F)ccc1F)NC1CC1. The van der Waals surface area contributed by atoms with Crippen LogP contribution >= 0.6 is 11.8 Å². The van der Waals surface area contributed by atoms with Crippen LogP contribution in [0.3, 0.4) is 0 Å². The Morgan fingerprint density at radius 3 is 2.82 bits per heavy atom. The van der Waals surface area contributed by atoms with Crippen molar-refractivity contribution in [1.82, 2.24) is 5.32 Å². The van der Waals surface area contributed by atoms with Gasteiger partial charge in [-0.2, -0.15) is 0 Å². The van der Waals surface area contributed by atoms with E-state index >= 15 is 0 Å². The van der Waals surface area contributed by atoms with Crippen LogP contribution in [0.4, 0.5) is 8.78 Å². The number of rotatable bonds is 6. The van der Waals surface area contributed by atoms with Crippen LogP contribution in [0.1, 0.15) is 12.8 Å². The van der Waals surface area contributed by atoms with Gasteiger partial charge in [-0.3, -0.25) is 0 Å². The fraction of sp³-hybridized carbons (Fsp3) is 0.500. The largest absolute Gasteiger partial charge is 0.395 e. The fourth-order valence-electron chi connectivity index (χ4n) is 1.52. The van der Waals surface area contributed by atoms with E-state index in [0.717, 1.165) is 25.0 Å². The van der Waals surface area contributed by atoms with E-state index in [2.05, 4.69) is 5.32 Å². The standard InChI is InChI=1S/C12H15F2NOS/c13-8-1-4-11(14)12(5-8)17-7-10(6-16)15-9-2-3-9/h1,4-5,9-10,15-16H,2-3,6-7H2. The number of thioether (sulfide) groups is 1. The lowest BCUT2D eigenvalue weighted by atomic mass is 10.3. The second-order valence-electron chi connectivity index (χ2n) is 4.21. The Labute approximate surface area is 103 Å². The lowest BCUT2D eigenvalue weighted by Crippen LogP contribution is -2.36. The van der Waals surface area contributed by atoms with Crippen molar-refractivity contribution >= 4 is 11.8 Å². The van der Waals surface area contributed by atoms with Crippen LogP contribution in [0, 0.1) is 11.6 Å². The van der Waals surface area contributed by atoms with E-state index in [9.17, 15) is 8.78 Å². The van der Waals surface area contributed by atoms with Crippen molar-refractivity contribution < 1.29 is 13.9 Å². The van der Waals surface area contributed by atoms with E-state index < -0.39 is 11.6 Å². The molecule has 94 valence electrons. The highest BCUT2D eigenvalue weighted by molar-refractivity contribution is 7.99. The molecule has 0 amide bonds. The second kappa shape index (κ2) is 5.80. The zero-order chi connectivity index (χ0) is 12.3. The third-order valence-corrected chi connectivity index (χ3v) is 3.80. The van der Waals surface area contributed by atoms with Gasteiger partial charge in [-0.1, -0.05) is 0 Å². The van der Waals surface area contributed by atoms with E-state index in [1.807, 2.05) is 0 Å². The molecule has 0 spiro atoms. The molecule has 1 atom stereocenters. The van der Waals surface area contributed by atoms with Crippen LogP contribution in [0.25, 0.3) is 0 Å². The summed E-state index contributed by atoms with van der Waals surface area (Å²) in [5.74, 6) is -0.322. The van der Waals surface area contributed by atoms with E-state index in [0.29, 0.717) is 16.7 Å². The Hall–Kier alpha value is -0.650. The van der Waals surface area contributed by atoms with Crippen molar-refractivity contribution in [3.63, 3.8) is 0 Å². The first kappa shape index (κ1) is 12.8. The highest BCUT2D eigenvalue weighted by Crippen LogP contribution is 2.25. The highest BCUT2D eigenvalue weighted by Gasteiger charge is 2.24. The molecule has 0 aromatic heterocycles. The summed E-state index contributed by atoms with van der Waals surface area (Å²) in [5.41, 5.74) is 0. The first-order valence-electron chi connectivity index (χ1n) is 5.64. The summed E-state index contributed by atoms with van der Waals surface area (Å²) in [7, 11) is 0. The first-order valence-corrected chi connectivity index (χ1v) is 6.62. The van der Waals surface area contributed by atoms with Gasteiger partial charge in [0.25, 0.3) is 0 Å². The van der Waals surface area contributed by atoms with Gasteiger partial charge in [-0.15, -0.1) is 11.8 Å². The molecule has 0 heterocycles. The summed E-state index contributed by atoms with van der Waals surface area (Å²) in [4.78, 5) is 0.293. The van der Waals surface area contributed by atoms with Crippen molar-refractivity contribution in [1.29, 1.82) is 0 Å². The van der Waals surface area contributed by atoms with Crippen LogP contribution < -0.4 is 5.32 Å². The molecule has 2 nitrogen and oxygen atoms in total. The van der Waals surface area contributed by atoms with Crippen LogP contribution in [-0.4, -0.2) is 29.5 Å². The molecule has 1 fully saturated rings. The van der Waals surface area contributed by atoms with Crippen LogP contribution in [-0.2, 0) is 0 Å². The summed E-state index contributed by atoms with van der Waals surface area (Å²) >= 11 is 1.23. The molecule has 0 radical (unpaired) electrons.